The quantitative estimate of drug-likeness (QED) is 0.731. The second kappa shape index (κ2) is 9.20. The number of nitrogens with zero attached hydrogens (tertiary/aromatic N) is 1. The molecule has 1 fully saturated rings. The Kier molecular flexibility index (Phi) is 6.45. The minimum Gasteiger partial charge on any atom is -0.492 e. The van der Waals surface area contributed by atoms with Gasteiger partial charge in [0.2, 0.25) is 6.79 Å². The number of urea groups is 1. The van der Waals surface area contributed by atoms with Crippen molar-refractivity contribution in [1.29, 1.82) is 0 Å². The SMILES string of the molecule is CCOC(=O)N1CCC(NC(=O)NCCOc2ccc3c(c2)OCO3)CC1. The number of nitrogens with one attached hydrogen (secondary N) is 2. The molecule has 0 saturated carbocycles. The average Bonchev–Trinajstić information content (AvgIpc) is 3.14. The van der Waals surface area contributed by atoms with Gasteiger partial charge in [-0.2, -0.15) is 0 Å². The lowest BCUT2D eigenvalue weighted by Crippen LogP contribution is -2.49. The van der Waals surface area contributed by atoms with Crippen LogP contribution in [0.2, 0.25) is 0 Å². The Balaban J connectivity index is 1.29. The third-order valence-electron chi connectivity index (χ3n) is 4.36. The van der Waals surface area contributed by atoms with Crippen LogP contribution in [0.15, 0.2) is 18.2 Å². The zero-order valence-electron chi connectivity index (χ0n) is 15.4. The first-order valence-electron chi connectivity index (χ1n) is 9.14. The maximum absolute atomic E-state index is 12.0. The molecule has 0 aromatic heterocycles. The maximum Gasteiger partial charge on any atom is 0.409 e. The van der Waals surface area contributed by atoms with E-state index in [9.17, 15) is 9.59 Å². The minimum absolute atomic E-state index is 0.0467. The van der Waals surface area contributed by atoms with Crippen molar-refractivity contribution in [1.82, 2.24) is 15.5 Å². The van der Waals surface area contributed by atoms with Crippen LogP contribution in [-0.4, -0.2) is 62.7 Å². The zero-order chi connectivity index (χ0) is 19.1. The monoisotopic (exact) mass is 379 g/mol. The smallest absolute Gasteiger partial charge is 0.409 e. The summed E-state index contributed by atoms with van der Waals surface area (Å²) in [6.07, 6.45) is 1.13. The first kappa shape index (κ1) is 18.9. The number of carbonyl (C=O) groups is 2. The average molecular weight is 379 g/mol. The number of rotatable bonds is 6. The highest BCUT2D eigenvalue weighted by Crippen LogP contribution is 2.34. The number of likely N-dealkylation sites (tertiary alicyclic amines) is 1. The van der Waals surface area contributed by atoms with Gasteiger partial charge in [0.25, 0.3) is 0 Å². The lowest BCUT2D eigenvalue weighted by atomic mass is 10.1. The fourth-order valence-electron chi connectivity index (χ4n) is 2.96. The molecule has 9 nitrogen and oxygen atoms in total. The van der Waals surface area contributed by atoms with Crippen molar-refractivity contribution in [3.63, 3.8) is 0 Å². The van der Waals surface area contributed by atoms with E-state index in [-0.39, 0.29) is 25.0 Å². The van der Waals surface area contributed by atoms with Crippen LogP contribution in [0.5, 0.6) is 17.2 Å². The number of fused-ring (bicyclic) bond motifs is 1. The molecule has 0 spiro atoms. The van der Waals surface area contributed by atoms with E-state index < -0.39 is 0 Å². The summed E-state index contributed by atoms with van der Waals surface area (Å²) in [5.41, 5.74) is 0. The van der Waals surface area contributed by atoms with E-state index in [0.29, 0.717) is 62.9 Å². The van der Waals surface area contributed by atoms with Crippen molar-refractivity contribution < 1.29 is 28.5 Å². The van der Waals surface area contributed by atoms with Gasteiger partial charge in [-0.1, -0.05) is 0 Å². The van der Waals surface area contributed by atoms with Crippen LogP contribution >= 0.6 is 0 Å². The Morgan fingerprint density at radius 3 is 2.78 bits per heavy atom. The number of ether oxygens (including phenoxy) is 4. The lowest BCUT2D eigenvalue weighted by Gasteiger charge is -2.31. The molecule has 0 bridgehead atoms. The standard InChI is InChI=1S/C18H25N3O6/c1-2-24-18(23)21-8-5-13(6-9-21)20-17(22)19-7-10-25-14-3-4-15-16(11-14)27-12-26-15/h3-4,11,13H,2,5-10,12H2,1H3,(H2,19,20,22). The Labute approximate surface area is 157 Å². The third-order valence-corrected chi connectivity index (χ3v) is 4.36. The van der Waals surface area contributed by atoms with Gasteiger partial charge in [-0.05, 0) is 31.9 Å². The third kappa shape index (κ3) is 5.32. The summed E-state index contributed by atoms with van der Waals surface area (Å²) in [4.78, 5) is 25.3. The highest BCUT2D eigenvalue weighted by molar-refractivity contribution is 5.74. The number of piperidine rings is 1. The Hall–Kier alpha value is -2.84. The molecule has 2 aliphatic heterocycles. The molecule has 1 aromatic rings. The summed E-state index contributed by atoms with van der Waals surface area (Å²) in [5, 5.41) is 5.69. The molecule has 1 aromatic carbocycles. The predicted molar refractivity (Wildman–Crippen MR) is 96.2 cm³/mol. The van der Waals surface area contributed by atoms with Gasteiger partial charge in [0.1, 0.15) is 12.4 Å². The van der Waals surface area contributed by atoms with E-state index >= 15 is 0 Å². The van der Waals surface area contributed by atoms with E-state index in [2.05, 4.69) is 10.6 Å². The van der Waals surface area contributed by atoms with Crippen molar-refractivity contribution in [2.24, 2.45) is 0 Å². The van der Waals surface area contributed by atoms with E-state index in [1.165, 1.54) is 0 Å². The van der Waals surface area contributed by atoms with Crippen LogP contribution in [0, 0.1) is 0 Å². The van der Waals surface area contributed by atoms with Gasteiger partial charge in [0.05, 0.1) is 13.2 Å². The number of amides is 3. The topological polar surface area (TPSA) is 98.4 Å². The minimum atomic E-state index is -0.291. The van der Waals surface area contributed by atoms with Crippen LogP contribution in [0.4, 0.5) is 9.59 Å². The number of hydrogen-bond acceptors (Lipinski definition) is 6. The van der Waals surface area contributed by atoms with E-state index in [1.807, 2.05) is 0 Å². The number of hydrogen-bond donors (Lipinski definition) is 2. The van der Waals surface area contributed by atoms with Crippen LogP contribution in [0.1, 0.15) is 19.8 Å². The first-order valence-corrected chi connectivity index (χ1v) is 9.14. The molecule has 3 amide bonds. The summed E-state index contributed by atoms with van der Waals surface area (Å²) < 4.78 is 21.1. The summed E-state index contributed by atoms with van der Waals surface area (Å²) in [5.74, 6) is 2.02. The van der Waals surface area contributed by atoms with E-state index in [1.54, 1.807) is 30.0 Å². The Morgan fingerprint density at radius 1 is 1.22 bits per heavy atom. The van der Waals surface area contributed by atoms with Gasteiger partial charge >= 0.3 is 12.1 Å². The molecular formula is C18H25N3O6. The zero-order valence-corrected chi connectivity index (χ0v) is 15.4. The molecule has 0 unspecified atom stereocenters. The van der Waals surface area contributed by atoms with Crippen LogP contribution in [0.3, 0.4) is 0 Å². The lowest BCUT2D eigenvalue weighted by molar-refractivity contribution is 0.0957. The second-order valence-corrected chi connectivity index (χ2v) is 6.22. The molecule has 9 heteroatoms. The van der Waals surface area contributed by atoms with Gasteiger partial charge in [0.15, 0.2) is 11.5 Å². The summed E-state index contributed by atoms with van der Waals surface area (Å²) in [6, 6.07) is 5.16. The second-order valence-electron chi connectivity index (χ2n) is 6.22. The van der Waals surface area contributed by atoms with Crippen molar-refractivity contribution in [2.75, 3.05) is 39.6 Å². The molecule has 0 radical (unpaired) electrons. The largest absolute Gasteiger partial charge is 0.492 e. The van der Waals surface area contributed by atoms with Crippen molar-refractivity contribution in [3.05, 3.63) is 18.2 Å². The van der Waals surface area contributed by atoms with Crippen molar-refractivity contribution >= 4 is 12.1 Å². The van der Waals surface area contributed by atoms with Crippen LogP contribution in [-0.2, 0) is 4.74 Å². The highest BCUT2D eigenvalue weighted by Gasteiger charge is 2.24. The molecule has 0 aliphatic carbocycles. The highest BCUT2D eigenvalue weighted by atomic mass is 16.7. The molecular weight excluding hydrogens is 354 g/mol. The van der Waals surface area contributed by atoms with Crippen LogP contribution < -0.4 is 24.8 Å². The molecule has 2 aliphatic rings. The number of carbonyl (C=O) groups excluding carboxylic acids is 2. The Bertz CT molecular complexity index is 660. The summed E-state index contributed by atoms with van der Waals surface area (Å²) in [7, 11) is 0. The predicted octanol–water partition coefficient (Wildman–Crippen LogP) is 1.71. The fraction of sp³-hybridized carbons (Fsp3) is 0.556. The van der Waals surface area contributed by atoms with Gasteiger partial charge in [0, 0.05) is 25.2 Å². The fourth-order valence-corrected chi connectivity index (χ4v) is 2.96. The van der Waals surface area contributed by atoms with E-state index in [4.69, 9.17) is 18.9 Å². The molecule has 3 rings (SSSR count). The Morgan fingerprint density at radius 2 is 2.00 bits per heavy atom. The van der Waals surface area contributed by atoms with Gasteiger partial charge < -0.3 is 34.5 Å². The van der Waals surface area contributed by atoms with Gasteiger partial charge in [-0.3, -0.25) is 0 Å². The summed E-state index contributed by atoms with van der Waals surface area (Å²) >= 11 is 0. The maximum atomic E-state index is 12.0. The number of benzene rings is 1. The van der Waals surface area contributed by atoms with Gasteiger partial charge in [-0.25, -0.2) is 9.59 Å². The first-order chi connectivity index (χ1) is 13.2. The molecule has 1 saturated heterocycles. The molecule has 2 N–H and O–H groups in total. The van der Waals surface area contributed by atoms with Crippen LogP contribution in [0.25, 0.3) is 0 Å². The van der Waals surface area contributed by atoms with Crippen molar-refractivity contribution in [3.8, 4) is 17.2 Å². The molecule has 2 heterocycles. The molecule has 27 heavy (non-hydrogen) atoms. The van der Waals surface area contributed by atoms with E-state index in [0.717, 1.165) is 0 Å². The molecule has 0 atom stereocenters. The van der Waals surface area contributed by atoms with Crippen molar-refractivity contribution in [2.45, 2.75) is 25.8 Å². The molecule has 148 valence electrons. The summed E-state index contributed by atoms with van der Waals surface area (Å²) in [6.45, 7) is 4.25. The van der Waals surface area contributed by atoms with Gasteiger partial charge in [-0.15, -0.1) is 0 Å². The normalized spacial score (nSPS) is 16.0.